The van der Waals surface area contributed by atoms with E-state index in [0.29, 0.717) is 51.1 Å². The molecule has 1 aromatic carbocycles. The van der Waals surface area contributed by atoms with Crippen LogP contribution in [0.25, 0.3) is 0 Å². The normalized spacial score (nSPS) is 14.7. The summed E-state index contributed by atoms with van der Waals surface area (Å²) in [5.41, 5.74) is 0.456. The molecule has 8 heteroatoms. The van der Waals surface area contributed by atoms with E-state index in [2.05, 4.69) is 10.6 Å². The standard InChI is InChI=1S/C18H26N4O4/c1-2-5-17(23)21-12-8-14(9-13-21)18(24)20-11-10-19-15-6-3-4-7-16(15)22(25)26/h3-4,6-7,14,19H,2,5,8-13H2,1H3,(H,20,24). The highest BCUT2D eigenvalue weighted by atomic mass is 16.6. The number of carbonyl (C=O) groups is 2. The fourth-order valence-corrected chi connectivity index (χ4v) is 3.07. The number of carbonyl (C=O) groups excluding carboxylic acids is 2. The second kappa shape index (κ2) is 9.74. The van der Waals surface area contributed by atoms with Crippen molar-refractivity contribution < 1.29 is 14.5 Å². The molecule has 0 radical (unpaired) electrons. The minimum Gasteiger partial charge on any atom is -0.378 e. The minimum atomic E-state index is -0.436. The molecule has 0 unspecified atom stereocenters. The third-order valence-corrected chi connectivity index (χ3v) is 4.52. The number of nitrogens with one attached hydrogen (secondary N) is 2. The van der Waals surface area contributed by atoms with Gasteiger partial charge in [-0.1, -0.05) is 19.1 Å². The van der Waals surface area contributed by atoms with Gasteiger partial charge in [-0.15, -0.1) is 0 Å². The maximum Gasteiger partial charge on any atom is 0.292 e. The van der Waals surface area contributed by atoms with Crippen molar-refractivity contribution in [1.82, 2.24) is 10.2 Å². The number of amides is 2. The fourth-order valence-electron chi connectivity index (χ4n) is 3.07. The van der Waals surface area contributed by atoms with Gasteiger partial charge < -0.3 is 15.5 Å². The number of nitro benzene ring substituents is 1. The second-order valence-corrected chi connectivity index (χ2v) is 6.40. The summed E-state index contributed by atoms with van der Waals surface area (Å²) in [7, 11) is 0. The zero-order valence-electron chi connectivity index (χ0n) is 15.1. The molecule has 1 saturated heterocycles. The van der Waals surface area contributed by atoms with E-state index < -0.39 is 4.92 Å². The van der Waals surface area contributed by atoms with Crippen LogP contribution in [0.15, 0.2) is 24.3 Å². The number of hydrogen-bond donors (Lipinski definition) is 2. The van der Waals surface area contributed by atoms with E-state index >= 15 is 0 Å². The number of anilines is 1. The van der Waals surface area contributed by atoms with E-state index in [1.807, 2.05) is 11.8 Å². The van der Waals surface area contributed by atoms with Gasteiger partial charge in [0.05, 0.1) is 4.92 Å². The van der Waals surface area contributed by atoms with Crippen molar-refractivity contribution in [1.29, 1.82) is 0 Å². The Morgan fingerprint density at radius 3 is 2.58 bits per heavy atom. The number of nitrogens with zero attached hydrogens (tertiary/aromatic N) is 2. The first-order chi connectivity index (χ1) is 12.5. The summed E-state index contributed by atoms with van der Waals surface area (Å²) in [6.45, 7) is 4.04. The number of nitro groups is 1. The van der Waals surface area contributed by atoms with Gasteiger partial charge in [0.1, 0.15) is 5.69 Å². The molecule has 26 heavy (non-hydrogen) atoms. The molecule has 142 valence electrons. The molecule has 2 N–H and O–H groups in total. The molecular formula is C18H26N4O4. The van der Waals surface area contributed by atoms with E-state index in [4.69, 9.17) is 0 Å². The van der Waals surface area contributed by atoms with Crippen LogP contribution in [0.3, 0.4) is 0 Å². The van der Waals surface area contributed by atoms with Crippen LogP contribution in [-0.4, -0.2) is 47.8 Å². The van der Waals surface area contributed by atoms with E-state index in [-0.39, 0.29) is 23.4 Å². The van der Waals surface area contributed by atoms with Gasteiger partial charge in [-0.25, -0.2) is 0 Å². The molecule has 8 nitrogen and oxygen atoms in total. The molecule has 1 fully saturated rings. The van der Waals surface area contributed by atoms with Gasteiger partial charge in [0.2, 0.25) is 11.8 Å². The van der Waals surface area contributed by atoms with Crippen molar-refractivity contribution in [2.24, 2.45) is 5.92 Å². The van der Waals surface area contributed by atoms with Gasteiger partial charge in [0.25, 0.3) is 5.69 Å². The lowest BCUT2D eigenvalue weighted by Crippen LogP contribution is -2.43. The first-order valence-electron chi connectivity index (χ1n) is 9.05. The van der Waals surface area contributed by atoms with Gasteiger partial charge in [0.15, 0.2) is 0 Å². The zero-order chi connectivity index (χ0) is 18.9. The molecule has 1 aromatic rings. The average molecular weight is 362 g/mol. The average Bonchev–Trinajstić information content (AvgIpc) is 2.65. The van der Waals surface area contributed by atoms with Gasteiger partial charge in [-0.2, -0.15) is 0 Å². The highest BCUT2D eigenvalue weighted by Gasteiger charge is 2.26. The van der Waals surface area contributed by atoms with Crippen LogP contribution >= 0.6 is 0 Å². The second-order valence-electron chi connectivity index (χ2n) is 6.40. The molecule has 0 atom stereocenters. The quantitative estimate of drug-likeness (QED) is 0.419. The Balaban J connectivity index is 1.70. The topological polar surface area (TPSA) is 105 Å². The summed E-state index contributed by atoms with van der Waals surface area (Å²) in [6.07, 6.45) is 2.76. The first-order valence-corrected chi connectivity index (χ1v) is 9.05. The van der Waals surface area contributed by atoms with Crippen molar-refractivity contribution in [2.75, 3.05) is 31.5 Å². The lowest BCUT2D eigenvalue weighted by Gasteiger charge is -2.31. The Kier molecular flexibility index (Phi) is 7.37. The number of rotatable bonds is 8. The molecule has 0 saturated carbocycles. The number of benzene rings is 1. The lowest BCUT2D eigenvalue weighted by molar-refractivity contribution is -0.384. The summed E-state index contributed by atoms with van der Waals surface area (Å²) in [6, 6.07) is 6.42. The lowest BCUT2D eigenvalue weighted by atomic mass is 9.95. The van der Waals surface area contributed by atoms with Crippen molar-refractivity contribution in [3.63, 3.8) is 0 Å². The summed E-state index contributed by atoms with van der Waals surface area (Å²) in [5, 5.41) is 16.8. The maximum absolute atomic E-state index is 12.2. The van der Waals surface area contributed by atoms with Crippen molar-refractivity contribution in [3.05, 3.63) is 34.4 Å². The predicted octanol–water partition coefficient (Wildman–Crippen LogP) is 2.16. The number of likely N-dealkylation sites (tertiary alicyclic amines) is 1. The molecule has 0 spiro atoms. The maximum atomic E-state index is 12.2. The molecule has 0 aromatic heterocycles. The minimum absolute atomic E-state index is 0.0166. The molecule has 1 heterocycles. The van der Waals surface area contributed by atoms with E-state index in [1.165, 1.54) is 6.07 Å². The van der Waals surface area contributed by atoms with E-state index in [1.54, 1.807) is 18.2 Å². The monoisotopic (exact) mass is 362 g/mol. The summed E-state index contributed by atoms with van der Waals surface area (Å²) < 4.78 is 0. The van der Waals surface area contributed by atoms with Gasteiger partial charge in [-0.05, 0) is 25.3 Å². The molecule has 0 aliphatic carbocycles. The SMILES string of the molecule is CCCC(=O)N1CCC(C(=O)NCCNc2ccccc2[N+](=O)[O-])CC1. The summed E-state index contributed by atoms with van der Waals surface area (Å²) in [4.78, 5) is 36.5. The Labute approximate surface area is 153 Å². The van der Waals surface area contributed by atoms with Gasteiger partial charge in [-0.3, -0.25) is 19.7 Å². The molecule has 2 rings (SSSR count). The van der Waals surface area contributed by atoms with Crippen LogP contribution in [0.1, 0.15) is 32.6 Å². The first kappa shape index (κ1) is 19.7. The number of hydrogen-bond acceptors (Lipinski definition) is 5. The largest absolute Gasteiger partial charge is 0.378 e. The van der Waals surface area contributed by atoms with Crippen molar-refractivity contribution >= 4 is 23.2 Å². The molecule has 0 bridgehead atoms. The highest BCUT2D eigenvalue weighted by molar-refractivity contribution is 5.80. The Morgan fingerprint density at radius 2 is 1.92 bits per heavy atom. The van der Waals surface area contributed by atoms with Gasteiger partial charge in [0, 0.05) is 44.6 Å². The Bertz CT molecular complexity index is 642. The van der Waals surface area contributed by atoms with Crippen LogP contribution in [0.2, 0.25) is 0 Å². The third kappa shape index (κ3) is 5.44. The Morgan fingerprint density at radius 1 is 1.23 bits per heavy atom. The molecule has 1 aliphatic rings. The predicted molar refractivity (Wildman–Crippen MR) is 98.8 cm³/mol. The molecular weight excluding hydrogens is 336 g/mol. The van der Waals surface area contributed by atoms with Crippen molar-refractivity contribution in [2.45, 2.75) is 32.6 Å². The molecule has 2 amide bonds. The van der Waals surface area contributed by atoms with Crippen LogP contribution in [0.5, 0.6) is 0 Å². The fraction of sp³-hybridized carbons (Fsp3) is 0.556. The van der Waals surface area contributed by atoms with Crippen LogP contribution in [-0.2, 0) is 9.59 Å². The summed E-state index contributed by atoms with van der Waals surface area (Å²) >= 11 is 0. The van der Waals surface area contributed by atoms with Crippen LogP contribution < -0.4 is 10.6 Å². The zero-order valence-corrected chi connectivity index (χ0v) is 15.1. The van der Waals surface area contributed by atoms with Crippen LogP contribution in [0, 0.1) is 16.0 Å². The highest BCUT2D eigenvalue weighted by Crippen LogP contribution is 2.22. The number of piperidine rings is 1. The smallest absolute Gasteiger partial charge is 0.292 e. The number of para-hydroxylation sites is 2. The van der Waals surface area contributed by atoms with Gasteiger partial charge >= 0.3 is 0 Å². The van der Waals surface area contributed by atoms with Crippen LogP contribution in [0.4, 0.5) is 11.4 Å². The summed E-state index contributed by atoms with van der Waals surface area (Å²) in [5.74, 6) is 0.0729. The van der Waals surface area contributed by atoms with E-state index in [0.717, 1.165) is 6.42 Å². The molecule has 1 aliphatic heterocycles. The third-order valence-electron chi connectivity index (χ3n) is 4.52. The van der Waals surface area contributed by atoms with E-state index in [9.17, 15) is 19.7 Å². The Hall–Kier alpha value is -2.64. The van der Waals surface area contributed by atoms with Crippen molar-refractivity contribution in [3.8, 4) is 0 Å².